The molecular formula is C31H35ClN2O3. The van der Waals surface area contributed by atoms with Gasteiger partial charge in [-0.15, -0.1) is 0 Å². The Labute approximate surface area is 224 Å². The molecule has 1 fully saturated rings. The van der Waals surface area contributed by atoms with Crippen molar-refractivity contribution in [2.75, 3.05) is 6.61 Å². The molecule has 1 aliphatic rings. The van der Waals surface area contributed by atoms with Crippen molar-refractivity contribution in [2.45, 2.75) is 64.1 Å². The second kappa shape index (κ2) is 13.3. The number of hydrogen-bond donors (Lipinski definition) is 1. The van der Waals surface area contributed by atoms with Crippen LogP contribution in [0.25, 0.3) is 0 Å². The summed E-state index contributed by atoms with van der Waals surface area (Å²) in [6.07, 6.45) is 5.81. The Morgan fingerprint density at radius 1 is 0.919 bits per heavy atom. The summed E-state index contributed by atoms with van der Waals surface area (Å²) in [6.45, 7) is 2.07. The maximum Gasteiger partial charge on any atom is 0.261 e. The van der Waals surface area contributed by atoms with Crippen LogP contribution in [0.5, 0.6) is 5.75 Å². The van der Waals surface area contributed by atoms with E-state index in [9.17, 15) is 9.59 Å². The van der Waals surface area contributed by atoms with Crippen molar-refractivity contribution in [3.05, 3.63) is 101 Å². The Kier molecular flexibility index (Phi) is 9.61. The van der Waals surface area contributed by atoms with Crippen LogP contribution in [0.1, 0.15) is 48.8 Å². The molecule has 0 saturated heterocycles. The summed E-state index contributed by atoms with van der Waals surface area (Å²) in [5.41, 5.74) is 2.85. The summed E-state index contributed by atoms with van der Waals surface area (Å²) >= 11 is 6.11. The highest BCUT2D eigenvalue weighted by atomic mass is 35.5. The summed E-state index contributed by atoms with van der Waals surface area (Å²) in [6, 6.07) is 24.3. The van der Waals surface area contributed by atoms with Gasteiger partial charge in [-0.2, -0.15) is 0 Å². The van der Waals surface area contributed by atoms with Crippen molar-refractivity contribution < 1.29 is 14.3 Å². The van der Waals surface area contributed by atoms with E-state index in [1.54, 1.807) is 17.0 Å². The molecule has 1 atom stereocenters. The molecule has 2 amide bonds. The Bertz CT molecular complexity index is 1160. The van der Waals surface area contributed by atoms with Crippen molar-refractivity contribution in [1.82, 2.24) is 10.2 Å². The van der Waals surface area contributed by atoms with Crippen LogP contribution in [-0.4, -0.2) is 35.4 Å². The fourth-order valence-corrected chi connectivity index (χ4v) is 4.95. The lowest BCUT2D eigenvalue weighted by molar-refractivity contribution is -0.143. The van der Waals surface area contributed by atoms with Gasteiger partial charge in [0.05, 0.1) is 0 Å². The standard InChI is InChI=1S/C31H35ClN2O3/c1-23-10-8-9-15-29(23)37-22-30(35)34(21-25-16-18-26(32)19-17-25)28(20-24-11-4-2-5-12-24)31(36)33-27-13-6-3-7-14-27/h2,4-5,8-12,15-19,27-28H,3,6-7,13-14,20-22H2,1H3,(H,33,36). The van der Waals surface area contributed by atoms with Gasteiger partial charge < -0.3 is 15.0 Å². The summed E-state index contributed by atoms with van der Waals surface area (Å²) in [7, 11) is 0. The Hall–Kier alpha value is -3.31. The van der Waals surface area contributed by atoms with Crippen LogP contribution in [0.15, 0.2) is 78.9 Å². The Morgan fingerprint density at radius 2 is 1.59 bits per heavy atom. The third kappa shape index (κ3) is 7.83. The van der Waals surface area contributed by atoms with Gasteiger partial charge in [0.25, 0.3) is 5.91 Å². The zero-order valence-electron chi connectivity index (χ0n) is 21.4. The van der Waals surface area contributed by atoms with Crippen LogP contribution in [0, 0.1) is 6.92 Å². The third-order valence-corrected chi connectivity index (χ3v) is 7.19. The molecule has 5 nitrogen and oxygen atoms in total. The molecule has 37 heavy (non-hydrogen) atoms. The Balaban J connectivity index is 1.61. The minimum absolute atomic E-state index is 0.117. The van der Waals surface area contributed by atoms with Crippen LogP contribution >= 0.6 is 11.6 Å². The first-order valence-electron chi connectivity index (χ1n) is 13.1. The number of rotatable bonds is 10. The average molecular weight is 519 g/mol. The molecule has 0 radical (unpaired) electrons. The van der Waals surface area contributed by atoms with Crippen LogP contribution in [-0.2, 0) is 22.6 Å². The van der Waals surface area contributed by atoms with E-state index in [2.05, 4.69) is 5.32 Å². The van der Waals surface area contributed by atoms with Gasteiger partial charge in [-0.25, -0.2) is 0 Å². The minimum Gasteiger partial charge on any atom is -0.484 e. The SMILES string of the molecule is Cc1ccccc1OCC(=O)N(Cc1ccc(Cl)cc1)C(Cc1ccccc1)C(=O)NC1CCCCC1. The molecule has 1 N–H and O–H groups in total. The van der Waals surface area contributed by atoms with E-state index < -0.39 is 6.04 Å². The van der Waals surface area contributed by atoms with Gasteiger partial charge in [-0.3, -0.25) is 9.59 Å². The van der Waals surface area contributed by atoms with E-state index in [0.29, 0.717) is 17.2 Å². The third-order valence-electron chi connectivity index (χ3n) is 6.93. The molecule has 4 rings (SSSR count). The zero-order chi connectivity index (χ0) is 26.0. The highest BCUT2D eigenvalue weighted by Crippen LogP contribution is 2.21. The number of halogens is 1. The summed E-state index contributed by atoms with van der Waals surface area (Å²) in [4.78, 5) is 29.1. The van der Waals surface area contributed by atoms with Gasteiger partial charge >= 0.3 is 0 Å². The van der Waals surface area contributed by atoms with Crippen LogP contribution in [0.3, 0.4) is 0 Å². The van der Waals surface area contributed by atoms with Crippen molar-refractivity contribution in [3.63, 3.8) is 0 Å². The molecule has 1 aliphatic carbocycles. The van der Waals surface area contributed by atoms with Gasteiger partial charge in [-0.05, 0) is 54.7 Å². The average Bonchev–Trinajstić information content (AvgIpc) is 2.92. The van der Waals surface area contributed by atoms with Gasteiger partial charge in [0.15, 0.2) is 6.61 Å². The first kappa shape index (κ1) is 26.7. The van der Waals surface area contributed by atoms with Gasteiger partial charge in [0.2, 0.25) is 5.91 Å². The topological polar surface area (TPSA) is 58.6 Å². The second-order valence-corrected chi connectivity index (χ2v) is 10.2. The summed E-state index contributed by atoms with van der Waals surface area (Å²) in [5.74, 6) is 0.306. The van der Waals surface area contributed by atoms with Gasteiger partial charge in [0, 0.05) is 24.0 Å². The smallest absolute Gasteiger partial charge is 0.261 e. The lowest BCUT2D eigenvalue weighted by Crippen LogP contribution is -2.53. The molecular weight excluding hydrogens is 484 g/mol. The molecule has 0 heterocycles. The lowest BCUT2D eigenvalue weighted by Gasteiger charge is -2.33. The quantitative estimate of drug-likeness (QED) is 0.352. The molecule has 0 aliphatic heterocycles. The number of aryl methyl sites for hydroxylation is 1. The van der Waals surface area contributed by atoms with Crippen molar-refractivity contribution in [3.8, 4) is 5.75 Å². The number of benzene rings is 3. The number of hydrogen-bond acceptors (Lipinski definition) is 3. The van der Waals surface area contributed by atoms with E-state index in [0.717, 1.165) is 42.4 Å². The first-order valence-corrected chi connectivity index (χ1v) is 13.4. The van der Waals surface area contributed by atoms with E-state index in [-0.39, 0.29) is 31.0 Å². The molecule has 1 unspecified atom stereocenters. The molecule has 6 heteroatoms. The number of carbonyl (C=O) groups is 2. The van der Waals surface area contributed by atoms with Crippen molar-refractivity contribution in [2.24, 2.45) is 0 Å². The van der Waals surface area contributed by atoms with Crippen LogP contribution in [0.2, 0.25) is 5.02 Å². The monoisotopic (exact) mass is 518 g/mol. The molecule has 0 aromatic heterocycles. The van der Waals surface area contributed by atoms with Crippen LogP contribution < -0.4 is 10.1 Å². The van der Waals surface area contributed by atoms with E-state index >= 15 is 0 Å². The molecule has 3 aromatic carbocycles. The fourth-order valence-electron chi connectivity index (χ4n) is 4.83. The highest BCUT2D eigenvalue weighted by Gasteiger charge is 2.32. The maximum absolute atomic E-state index is 13.8. The highest BCUT2D eigenvalue weighted by molar-refractivity contribution is 6.30. The largest absolute Gasteiger partial charge is 0.484 e. The molecule has 0 bridgehead atoms. The van der Waals surface area contributed by atoms with E-state index in [4.69, 9.17) is 16.3 Å². The van der Waals surface area contributed by atoms with Crippen LogP contribution in [0.4, 0.5) is 0 Å². The van der Waals surface area contributed by atoms with Crippen molar-refractivity contribution in [1.29, 1.82) is 0 Å². The van der Waals surface area contributed by atoms with Gasteiger partial charge in [-0.1, -0.05) is 91.5 Å². The molecule has 3 aromatic rings. The lowest BCUT2D eigenvalue weighted by atomic mass is 9.94. The van der Waals surface area contributed by atoms with E-state index in [1.165, 1.54) is 6.42 Å². The first-order chi connectivity index (χ1) is 18.0. The number of nitrogens with one attached hydrogen (secondary N) is 1. The number of carbonyl (C=O) groups excluding carboxylic acids is 2. The number of ether oxygens (including phenoxy) is 1. The number of amides is 2. The molecule has 0 spiro atoms. The minimum atomic E-state index is -0.673. The molecule has 1 saturated carbocycles. The molecule has 194 valence electrons. The van der Waals surface area contributed by atoms with Crippen molar-refractivity contribution >= 4 is 23.4 Å². The number of para-hydroxylation sites is 1. The fraction of sp³-hybridized carbons (Fsp3) is 0.355. The van der Waals surface area contributed by atoms with Gasteiger partial charge in [0.1, 0.15) is 11.8 Å². The normalized spacial score (nSPS) is 14.5. The predicted molar refractivity (Wildman–Crippen MR) is 148 cm³/mol. The number of nitrogens with zero attached hydrogens (tertiary/aromatic N) is 1. The maximum atomic E-state index is 13.8. The zero-order valence-corrected chi connectivity index (χ0v) is 22.1. The van der Waals surface area contributed by atoms with E-state index in [1.807, 2.05) is 73.7 Å². The predicted octanol–water partition coefficient (Wildman–Crippen LogP) is 6.12. The summed E-state index contributed by atoms with van der Waals surface area (Å²) < 4.78 is 5.92. The summed E-state index contributed by atoms with van der Waals surface area (Å²) in [5, 5.41) is 3.88. The Morgan fingerprint density at radius 3 is 2.30 bits per heavy atom. The second-order valence-electron chi connectivity index (χ2n) is 9.75.